The number of hydrogen-bond donors (Lipinski definition) is 1. The molecule has 0 bridgehead atoms. The number of amides is 1. The van der Waals surface area contributed by atoms with Crippen molar-refractivity contribution in [1.82, 2.24) is 9.78 Å². The quantitative estimate of drug-likeness (QED) is 0.780. The first-order chi connectivity index (χ1) is 11.5. The summed E-state index contributed by atoms with van der Waals surface area (Å²) in [7, 11) is 1.70. The first-order valence-electron chi connectivity index (χ1n) is 7.83. The zero-order valence-electron chi connectivity index (χ0n) is 13.5. The molecule has 0 atom stereocenters. The molecule has 3 rings (SSSR count). The van der Waals surface area contributed by atoms with Crippen molar-refractivity contribution in [1.29, 1.82) is 0 Å². The molecule has 8 heteroatoms. The summed E-state index contributed by atoms with van der Waals surface area (Å²) < 4.78 is 7.31. The molecule has 0 aliphatic heterocycles. The van der Waals surface area contributed by atoms with Gasteiger partial charge in [0.25, 0.3) is 5.91 Å². The third-order valence-electron chi connectivity index (χ3n) is 3.99. The van der Waals surface area contributed by atoms with Crippen molar-refractivity contribution in [2.24, 2.45) is 7.05 Å². The zero-order chi connectivity index (χ0) is 17.3. The number of rotatable bonds is 4. The maximum absolute atomic E-state index is 12.6. The minimum Gasteiger partial charge on any atom is -0.462 e. The van der Waals surface area contributed by atoms with Crippen LogP contribution in [-0.2, 0) is 24.6 Å². The second kappa shape index (κ2) is 7.06. The van der Waals surface area contributed by atoms with Crippen molar-refractivity contribution in [2.45, 2.75) is 32.6 Å². The van der Waals surface area contributed by atoms with Crippen LogP contribution in [0.1, 0.15) is 51.1 Å². The van der Waals surface area contributed by atoms with Crippen molar-refractivity contribution in [2.75, 3.05) is 11.9 Å². The molecule has 0 radical (unpaired) electrons. The average Bonchev–Trinajstić information content (AvgIpc) is 3.07. The Balaban J connectivity index is 1.97. The fraction of sp³-hybridized carbons (Fsp3) is 0.438. The first-order valence-corrected chi connectivity index (χ1v) is 9.44. The van der Waals surface area contributed by atoms with Gasteiger partial charge in [-0.3, -0.25) is 9.48 Å². The minimum atomic E-state index is -0.365. The number of esters is 1. The van der Waals surface area contributed by atoms with Crippen molar-refractivity contribution in [3.8, 4) is 0 Å². The lowest BCUT2D eigenvalue weighted by molar-refractivity contribution is 0.0526. The van der Waals surface area contributed by atoms with Gasteiger partial charge in [0.2, 0.25) is 0 Å². The highest BCUT2D eigenvalue weighted by atomic mass is 79.9. The van der Waals surface area contributed by atoms with Crippen LogP contribution in [0.2, 0.25) is 0 Å². The molecule has 1 aliphatic rings. The molecule has 2 aromatic heterocycles. The third-order valence-corrected chi connectivity index (χ3v) is 5.77. The molecule has 1 amide bonds. The molecule has 24 heavy (non-hydrogen) atoms. The third kappa shape index (κ3) is 3.12. The normalized spacial score (nSPS) is 13.5. The van der Waals surface area contributed by atoms with Crippen molar-refractivity contribution >= 4 is 44.1 Å². The first kappa shape index (κ1) is 17.2. The van der Waals surface area contributed by atoms with Gasteiger partial charge in [0.15, 0.2) is 0 Å². The van der Waals surface area contributed by atoms with Crippen LogP contribution in [0.25, 0.3) is 0 Å². The van der Waals surface area contributed by atoms with Crippen LogP contribution < -0.4 is 5.32 Å². The number of aryl methyl sites for hydroxylation is 2. The zero-order valence-corrected chi connectivity index (χ0v) is 15.9. The lowest BCUT2D eigenvalue weighted by Crippen LogP contribution is -2.18. The predicted octanol–water partition coefficient (Wildman–Crippen LogP) is 3.55. The highest BCUT2D eigenvalue weighted by Crippen LogP contribution is 2.39. The van der Waals surface area contributed by atoms with Crippen molar-refractivity contribution < 1.29 is 14.3 Å². The number of nitrogens with zero attached hydrogens (tertiary/aromatic N) is 2. The van der Waals surface area contributed by atoms with Crippen molar-refractivity contribution in [3.05, 3.63) is 32.4 Å². The van der Waals surface area contributed by atoms with Gasteiger partial charge in [-0.25, -0.2) is 4.79 Å². The Labute approximate surface area is 152 Å². The van der Waals surface area contributed by atoms with Crippen LogP contribution in [0.5, 0.6) is 0 Å². The molecule has 2 aromatic rings. The smallest absolute Gasteiger partial charge is 0.341 e. The van der Waals surface area contributed by atoms with Gasteiger partial charge in [-0.2, -0.15) is 5.10 Å². The van der Waals surface area contributed by atoms with Gasteiger partial charge in [0.05, 0.1) is 22.8 Å². The van der Waals surface area contributed by atoms with Gasteiger partial charge in [-0.05, 0) is 54.1 Å². The number of nitrogens with one attached hydrogen (secondary N) is 1. The number of anilines is 1. The summed E-state index contributed by atoms with van der Waals surface area (Å²) >= 11 is 4.80. The Morgan fingerprint density at radius 2 is 2.17 bits per heavy atom. The number of hydrogen-bond acceptors (Lipinski definition) is 5. The average molecular weight is 412 g/mol. The van der Waals surface area contributed by atoms with Gasteiger partial charge >= 0.3 is 5.97 Å². The predicted molar refractivity (Wildman–Crippen MR) is 95.8 cm³/mol. The van der Waals surface area contributed by atoms with Crippen LogP contribution >= 0.6 is 27.3 Å². The van der Waals surface area contributed by atoms with Crippen molar-refractivity contribution in [3.63, 3.8) is 0 Å². The Kier molecular flexibility index (Phi) is 5.05. The highest BCUT2D eigenvalue weighted by Gasteiger charge is 2.28. The molecule has 1 N–H and O–H groups in total. The van der Waals surface area contributed by atoms with Gasteiger partial charge < -0.3 is 10.1 Å². The second-order valence-electron chi connectivity index (χ2n) is 5.55. The number of halogens is 1. The van der Waals surface area contributed by atoms with E-state index in [1.807, 2.05) is 0 Å². The van der Waals surface area contributed by atoms with Gasteiger partial charge in [0.1, 0.15) is 10.7 Å². The summed E-state index contributed by atoms with van der Waals surface area (Å²) in [5, 5.41) is 7.50. The monoisotopic (exact) mass is 411 g/mol. The fourth-order valence-corrected chi connectivity index (χ4v) is 4.70. The number of ether oxygens (including phenoxy) is 1. The summed E-state index contributed by atoms with van der Waals surface area (Å²) in [4.78, 5) is 26.2. The summed E-state index contributed by atoms with van der Waals surface area (Å²) in [5.41, 5.74) is 1.96. The Morgan fingerprint density at radius 3 is 2.83 bits per heavy atom. The highest BCUT2D eigenvalue weighted by molar-refractivity contribution is 9.10. The summed E-state index contributed by atoms with van der Waals surface area (Å²) in [6.07, 6.45) is 5.52. The molecule has 0 spiro atoms. The SMILES string of the molecule is CCOC(=O)c1c(NC(=O)c2c(Br)cnn2C)sc2c1CCCC2. The summed E-state index contributed by atoms with van der Waals surface area (Å²) in [5.74, 6) is -0.665. The molecule has 0 fully saturated rings. The maximum atomic E-state index is 12.6. The van der Waals surface area contributed by atoms with Gasteiger partial charge in [-0.15, -0.1) is 11.3 Å². The lowest BCUT2D eigenvalue weighted by Gasteiger charge is -2.12. The molecule has 0 saturated carbocycles. The molecular weight excluding hydrogens is 394 g/mol. The number of carbonyl (C=O) groups is 2. The van der Waals surface area contributed by atoms with E-state index in [2.05, 4.69) is 26.3 Å². The molecule has 2 heterocycles. The Morgan fingerprint density at radius 1 is 1.42 bits per heavy atom. The van der Waals surface area contributed by atoms with E-state index in [0.717, 1.165) is 31.2 Å². The Bertz CT molecular complexity index is 777. The molecule has 6 nitrogen and oxygen atoms in total. The van der Waals surface area contributed by atoms with Crippen LogP contribution in [-0.4, -0.2) is 28.3 Å². The minimum absolute atomic E-state index is 0.300. The topological polar surface area (TPSA) is 73.2 Å². The van der Waals surface area contributed by atoms with Gasteiger partial charge in [-0.1, -0.05) is 0 Å². The summed E-state index contributed by atoms with van der Waals surface area (Å²) in [6.45, 7) is 2.09. The van der Waals surface area contributed by atoms with E-state index in [1.165, 1.54) is 20.9 Å². The number of thiophene rings is 1. The molecule has 1 aliphatic carbocycles. The fourth-order valence-electron chi connectivity index (χ4n) is 2.90. The lowest BCUT2D eigenvalue weighted by atomic mass is 9.95. The van der Waals surface area contributed by atoms with E-state index in [1.54, 1.807) is 20.2 Å². The van der Waals surface area contributed by atoms with Crippen LogP contribution in [0.15, 0.2) is 10.7 Å². The molecule has 0 saturated heterocycles. The van der Waals surface area contributed by atoms with E-state index < -0.39 is 0 Å². The van der Waals surface area contributed by atoms with E-state index in [0.29, 0.717) is 27.3 Å². The van der Waals surface area contributed by atoms with E-state index in [4.69, 9.17) is 4.74 Å². The van der Waals surface area contributed by atoms with E-state index >= 15 is 0 Å². The van der Waals surface area contributed by atoms with E-state index in [9.17, 15) is 9.59 Å². The molecular formula is C16H18BrN3O3S. The van der Waals surface area contributed by atoms with Crippen LogP contribution in [0.3, 0.4) is 0 Å². The van der Waals surface area contributed by atoms with Gasteiger partial charge in [0, 0.05) is 11.9 Å². The largest absolute Gasteiger partial charge is 0.462 e. The number of carbonyl (C=O) groups excluding carboxylic acids is 2. The maximum Gasteiger partial charge on any atom is 0.341 e. The molecule has 0 aromatic carbocycles. The standard InChI is InChI=1S/C16H18BrN3O3S/c1-3-23-16(22)12-9-6-4-5-7-11(9)24-15(12)19-14(21)13-10(17)8-18-20(13)2/h8H,3-7H2,1-2H3,(H,19,21). The summed E-state index contributed by atoms with van der Waals surface area (Å²) in [6, 6.07) is 0. The number of aromatic nitrogens is 2. The van der Waals surface area contributed by atoms with Crippen LogP contribution in [0, 0.1) is 0 Å². The molecule has 0 unspecified atom stereocenters. The van der Waals surface area contributed by atoms with Crippen LogP contribution in [0.4, 0.5) is 5.00 Å². The molecule has 128 valence electrons. The number of fused-ring (bicyclic) bond motifs is 1. The van der Waals surface area contributed by atoms with E-state index in [-0.39, 0.29) is 11.9 Å². The second-order valence-corrected chi connectivity index (χ2v) is 7.51. The Hall–Kier alpha value is -1.67.